The van der Waals surface area contributed by atoms with Gasteiger partial charge >= 0.3 is 0 Å². The molecule has 112 valence electrons. The van der Waals surface area contributed by atoms with E-state index in [0.717, 1.165) is 12.8 Å². The van der Waals surface area contributed by atoms with Gasteiger partial charge < -0.3 is 5.73 Å². The van der Waals surface area contributed by atoms with E-state index in [9.17, 15) is 8.42 Å². The van der Waals surface area contributed by atoms with Crippen molar-refractivity contribution in [3.63, 3.8) is 0 Å². The maximum atomic E-state index is 12.2. The van der Waals surface area contributed by atoms with E-state index in [1.807, 2.05) is 30.3 Å². The number of nitrogens with two attached hydrogens (primary N) is 1. The highest BCUT2D eigenvalue weighted by molar-refractivity contribution is 7.89. The van der Waals surface area contributed by atoms with Crippen LogP contribution in [0.1, 0.15) is 17.5 Å². The SMILES string of the molecule is Cc1ccc(N)cc1S(=O)(=O)NCCCc1ccccc1. The lowest BCUT2D eigenvalue weighted by atomic mass is 10.1. The van der Waals surface area contributed by atoms with Crippen molar-refractivity contribution >= 4 is 15.7 Å². The number of sulfonamides is 1. The number of benzene rings is 2. The average Bonchev–Trinajstić information content (AvgIpc) is 2.47. The van der Waals surface area contributed by atoms with E-state index >= 15 is 0 Å². The predicted octanol–water partition coefficient (Wildman–Crippen LogP) is 2.49. The summed E-state index contributed by atoms with van der Waals surface area (Å²) in [5, 5.41) is 0. The Hall–Kier alpha value is -1.85. The summed E-state index contributed by atoms with van der Waals surface area (Å²) in [4.78, 5) is 0.252. The van der Waals surface area contributed by atoms with E-state index in [-0.39, 0.29) is 4.90 Å². The third-order valence-electron chi connectivity index (χ3n) is 3.28. The molecule has 0 aliphatic carbocycles. The largest absolute Gasteiger partial charge is 0.399 e. The van der Waals surface area contributed by atoms with E-state index < -0.39 is 10.0 Å². The van der Waals surface area contributed by atoms with Crippen molar-refractivity contribution in [3.05, 3.63) is 59.7 Å². The maximum Gasteiger partial charge on any atom is 0.240 e. The Morgan fingerprint density at radius 3 is 2.52 bits per heavy atom. The summed E-state index contributed by atoms with van der Waals surface area (Å²) in [6.07, 6.45) is 1.60. The van der Waals surface area contributed by atoms with Gasteiger partial charge in [0.05, 0.1) is 4.90 Å². The van der Waals surface area contributed by atoms with Gasteiger partial charge in [0.2, 0.25) is 10.0 Å². The molecule has 0 amide bonds. The first-order valence-electron chi connectivity index (χ1n) is 6.89. The molecule has 0 radical (unpaired) electrons. The minimum absolute atomic E-state index is 0.252. The fourth-order valence-corrected chi connectivity index (χ4v) is 3.48. The monoisotopic (exact) mass is 304 g/mol. The number of nitrogens with one attached hydrogen (secondary N) is 1. The molecule has 4 nitrogen and oxygen atoms in total. The van der Waals surface area contributed by atoms with Gasteiger partial charge in [-0.15, -0.1) is 0 Å². The summed E-state index contributed by atoms with van der Waals surface area (Å²) in [6, 6.07) is 14.9. The minimum atomic E-state index is -3.50. The van der Waals surface area contributed by atoms with Crippen molar-refractivity contribution in [3.8, 4) is 0 Å². The minimum Gasteiger partial charge on any atom is -0.399 e. The number of nitrogen functional groups attached to an aromatic ring is 1. The van der Waals surface area contributed by atoms with Crippen molar-refractivity contribution in [2.45, 2.75) is 24.7 Å². The summed E-state index contributed by atoms with van der Waals surface area (Å²) < 4.78 is 27.1. The Balaban J connectivity index is 1.94. The standard InChI is InChI=1S/C16H20N2O2S/c1-13-9-10-15(17)12-16(13)21(19,20)18-11-5-8-14-6-3-2-4-7-14/h2-4,6-7,9-10,12,18H,5,8,11,17H2,1H3. The summed E-state index contributed by atoms with van der Waals surface area (Å²) in [5.74, 6) is 0. The van der Waals surface area contributed by atoms with Crippen LogP contribution in [-0.4, -0.2) is 15.0 Å². The van der Waals surface area contributed by atoms with Gasteiger partial charge in [0.1, 0.15) is 0 Å². The predicted molar refractivity (Wildman–Crippen MR) is 85.5 cm³/mol. The van der Waals surface area contributed by atoms with Crippen molar-refractivity contribution < 1.29 is 8.42 Å². The quantitative estimate of drug-likeness (QED) is 0.636. The maximum absolute atomic E-state index is 12.2. The molecular formula is C16H20N2O2S. The molecule has 21 heavy (non-hydrogen) atoms. The van der Waals surface area contributed by atoms with Gasteiger partial charge in [-0.3, -0.25) is 0 Å². The number of anilines is 1. The molecule has 0 heterocycles. The van der Waals surface area contributed by atoms with Crippen molar-refractivity contribution in [2.24, 2.45) is 0 Å². The fraction of sp³-hybridized carbons (Fsp3) is 0.250. The number of rotatable bonds is 6. The lowest BCUT2D eigenvalue weighted by molar-refractivity contribution is 0.578. The molecule has 0 bridgehead atoms. The molecule has 2 aromatic rings. The van der Waals surface area contributed by atoms with Crippen LogP contribution in [0.2, 0.25) is 0 Å². The van der Waals surface area contributed by atoms with Crippen LogP contribution in [0.5, 0.6) is 0 Å². The third kappa shape index (κ3) is 4.31. The number of hydrogen-bond donors (Lipinski definition) is 2. The van der Waals surface area contributed by atoms with Gasteiger partial charge in [-0.05, 0) is 43.0 Å². The lowest BCUT2D eigenvalue weighted by Crippen LogP contribution is -2.26. The smallest absolute Gasteiger partial charge is 0.240 e. The zero-order chi connectivity index (χ0) is 15.3. The Bertz CT molecular complexity index is 697. The Kier molecular flexibility index (Phi) is 4.98. The molecule has 0 aliphatic rings. The molecule has 0 unspecified atom stereocenters. The summed E-state index contributed by atoms with van der Waals surface area (Å²) in [5.41, 5.74) is 8.01. The molecule has 2 rings (SSSR count). The van der Waals surface area contributed by atoms with Crippen molar-refractivity contribution in [2.75, 3.05) is 12.3 Å². The lowest BCUT2D eigenvalue weighted by Gasteiger charge is -2.10. The first-order valence-corrected chi connectivity index (χ1v) is 8.37. The molecular weight excluding hydrogens is 284 g/mol. The van der Waals surface area contributed by atoms with E-state index in [4.69, 9.17) is 5.73 Å². The Morgan fingerprint density at radius 1 is 1.10 bits per heavy atom. The van der Waals surface area contributed by atoms with E-state index in [1.165, 1.54) is 11.6 Å². The van der Waals surface area contributed by atoms with E-state index in [2.05, 4.69) is 4.72 Å². The van der Waals surface area contributed by atoms with Crippen LogP contribution in [0.25, 0.3) is 0 Å². The highest BCUT2D eigenvalue weighted by Gasteiger charge is 2.16. The first kappa shape index (κ1) is 15.5. The molecule has 0 aliphatic heterocycles. The second-order valence-corrected chi connectivity index (χ2v) is 6.75. The van der Waals surface area contributed by atoms with Crippen LogP contribution < -0.4 is 10.5 Å². The van der Waals surface area contributed by atoms with Crippen LogP contribution in [0.15, 0.2) is 53.4 Å². The van der Waals surface area contributed by atoms with Crippen molar-refractivity contribution in [1.82, 2.24) is 4.72 Å². The normalized spacial score (nSPS) is 11.5. The molecule has 0 fully saturated rings. The Labute approximate surface area is 126 Å². The van der Waals surface area contributed by atoms with Gasteiger partial charge in [-0.2, -0.15) is 0 Å². The second-order valence-electron chi connectivity index (χ2n) is 5.01. The topological polar surface area (TPSA) is 72.2 Å². The summed E-state index contributed by atoms with van der Waals surface area (Å²) in [6.45, 7) is 2.17. The molecule has 0 aromatic heterocycles. The molecule has 2 aromatic carbocycles. The van der Waals surface area contributed by atoms with Crippen LogP contribution in [0, 0.1) is 6.92 Å². The molecule has 0 spiro atoms. The fourth-order valence-electron chi connectivity index (χ4n) is 2.13. The molecule has 0 saturated carbocycles. The zero-order valence-electron chi connectivity index (χ0n) is 12.0. The van der Waals surface area contributed by atoms with Crippen LogP contribution in [0.4, 0.5) is 5.69 Å². The number of hydrogen-bond acceptors (Lipinski definition) is 3. The average molecular weight is 304 g/mol. The first-order chi connectivity index (χ1) is 9.99. The summed E-state index contributed by atoms with van der Waals surface area (Å²) in [7, 11) is -3.50. The third-order valence-corrected chi connectivity index (χ3v) is 4.88. The highest BCUT2D eigenvalue weighted by Crippen LogP contribution is 2.18. The second kappa shape index (κ2) is 6.74. The highest BCUT2D eigenvalue weighted by atomic mass is 32.2. The van der Waals surface area contributed by atoms with Gasteiger partial charge in [-0.25, -0.2) is 13.1 Å². The van der Waals surface area contributed by atoms with Gasteiger partial charge in [-0.1, -0.05) is 36.4 Å². The van der Waals surface area contributed by atoms with Gasteiger partial charge in [0.15, 0.2) is 0 Å². The molecule has 0 saturated heterocycles. The van der Waals surface area contributed by atoms with Gasteiger partial charge in [0, 0.05) is 12.2 Å². The van der Waals surface area contributed by atoms with Crippen LogP contribution in [-0.2, 0) is 16.4 Å². The van der Waals surface area contributed by atoms with E-state index in [0.29, 0.717) is 17.8 Å². The van der Waals surface area contributed by atoms with E-state index in [1.54, 1.807) is 19.1 Å². The Morgan fingerprint density at radius 2 is 1.81 bits per heavy atom. The molecule has 0 atom stereocenters. The number of aryl methyl sites for hydroxylation is 2. The van der Waals surface area contributed by atoms with Crippen molar-refractivity contribution in [1.29, 1.82) is 0 Å². The summed E-state index contributed by atoms with van der Waals surface area (Å²) >= 11 is 0. The van der Waals surface area contributed by atoms with Crippen LogP contribution >= 0.6 is 0 Å². The van der Waals surface area contributed by atoms with Crippen LogP contribution in [0.3, 0.4) is 0 Å². The molecule has 3 N–H and O–H groups in total. The molecule has 5 heteroatoms. The van der Waals surface area contributed by atoms with Gasteiger partial charge in [0.25, 0.3) is 0 Å². The zero-order valence-corrected chi connectivity index (χ0v) is 12.9.